The lowest BCUT2D eigenvalue weighted by molar-refractivity contribution is -0.384. The summed E-state index contributed by atoms with van der Waals surface area (Å²) in [5, 5.41) is 16.8. The normalized spacial score (nSPS) is 12.0. The van der Waals surface area contributed by atoms with Gasteiger partial charge in [-0.2, -0.15) is 0 Å². The summed E-state index contributed by atoms with van der Waals surface area (Å²) in [6.45, 7) is 5.95. The van der Waals surface area contributed by atoms with Crippen molar-refractivity contribution in [2.45, 2.75) is 32.9 Å². The topological polar surface area (TPSA) is 93.5 Å². The summed E-state index contributed by atoms with van der Waals surface area (Å²) in [6, 6.07) is 4.34. The molecule has 7 nitrogen and oxygen atoms in total. The van der Waals surface area contributed by atoms with Crippen LogP contribution in [0.25, 0.3) is 0 Å². The fourth-order valence-corrected chi connectivity index (χ4v) is 1.66. The van der Waals surface area contributed by atoms with Gasteiger partial charge in [-0.05, 0) is 32.9 Å². The monoisotopic (exact) mass is 295 g/mol. The van der Waals surface area contributed by atoms with Crippen LogP contribution in [0.3, 0.4) is 0 Å². The number of carbonyl (C=O) groups excluding carboxylic acids is 1. The molecule has 21 heavy (non-hydrogen) atoms. The van der Waals surface area contributed by atoms with Gasteiger partial charge in [-0.3, -0.25) is 14.9 Å². The van der Waals surface area contributed by atoms with Crippen molar-refractivity contribution in [2.75, 3.05) is 19.0 Å². The van der Waals surface area contributed by atoms with Crippen molar-refractivity contribution in [3.05, 3.63) is 33.9 Å². The first-order valence-corrected chi connectivity index (χ1v) is 6.71. The Morgan fingerprint density at radius 1 is 1.38 bits per heavy atom. The van der Waals surface area contributed by atoms with Crippen LogP contribution in [0.1, 0.15) is 31.1 Å². The van der Waals surface area contributed by atoms with Crippen molar-refractivity contribution in [2.24, 2.45) is 0 Å². The van der Waals surface area contributed by atoms with E-state index in [1.807, 2.05) is 20.8 Å². The number of rotatable bonds is 7. The van der Waals surface area contributed by atoms with Gasteiger partial charge in [-0.15, -0.1) is 0 Å². The minimum Gasteiger partial charge on any atom is -0.380 e. The summed E-state index contributed by atoms with van der Waals surface area (Å²) in [7, 11) is 1.57. The molecule has 0 aliphatic carbocycles. The van der Waals surface area contributed by atoms with Crippen molar-refractivity contribution in [1.82, 2.24) is 5.32 Å². The number of hydrogen-bond acceptors (Lipinski definition) is 5. The highest BCUT2D eigenvalue weighted by molar-refractivity contribution is 5.95. The van der Waals surface area contributed by atoms with E-state index in [1.54, 1.807) is 13.2 Å². The number of amides is 1. The van der Waals surface area contributed by atoms with Crippen molar-refractivity contribution in [1.29, 1.82) is 0 Å². The lowest BCUT2D eigenvalue weighted by Gasteiger charge is -2.13. The van der Waals surface area contributed by atoms with Crippen LogP contribution in [0.4, 0.5) is 11.4 Å². The molecule has 0 heterocycles. The highest BCUT2D eigenvalue weighted by atomic mass is 16.6. The summed E-state index contributed by atoms with van der Waals surface area (Å²) in [6.07, 6.45) is -0.0754. The molecular formula is C14H21N3O4. The maximum atomic E-state index is 11.9. The van der Waals surface area contributed by atoms with Crippen molar-refractivity contribution < 1.29 is 14.5 Å². The van der Waals surface area contributed by atoms with Gasteiger partial charge in [0, 0.05) is 31.3 Å². The Hall–Kier alpha value is -2.15. The van der Waals surface area contributed by atoms with E-state index in [0.717, 1.165) is 0 Å². The van der Waals surface area contributed by atoms with Gasteiger partial charge in [0.05, 0.1) is 11.0 Å². The van der Waals surface area contributed by atoms with Gasteiger partial charge in [0.1, 0.15) is 5.69 Å². The molecule has 0 aliphatic heterocycles. The number of hydrogen-bond donors (Lipinski definition) is 2. The van der Waals surface area contributed by atoms with Gasteiger partial charge >= 0.3 is 0 Å². The van der Waals surface area contributed by atoms with Gasteiger partial charge in [-0.25, -0.2) is 0 Å². The second-order valence-electron chi connectivity index (χ2n) is 5.04. The molecule has 0 saturated heterocycles. The summed E-state index contributed by atoms with van der Waals surface area (Å²) >= 11 is 0. The average Bonchev–Trinajstić information content (AvgIpc) is 2.43. The highest BCUT2D eigenvalue weighted by Crippen LogP contribution is 2.25. The van der Waals surface area contributed by atoms with E-state index in [4.69, 9.17) is 4.74 Å². The Bertz CT molecular complexity index is 517. The van der Waals surface area contributed by atoms with Crippen LogP contribution in [-0.2, 0) is 4.74 Å². The second kappa shape index (κ2) is 7.58. The minimum absolute atomic E-state index is 0.0306. The van der Waals surface area contributed by atoms with Crippen LogP contribution in [0.5, 0.6) is 0 Å². The molecule has 116 valence electrons. The Labute approximate surface area is 123 Å². The standard InChI is InChI=1S/C14H21N3O4/c1-9(2)16-14(18)11-5-6-12(13(7-11)17(19)20)15-8-10(3)21-4/h5-7,9-10,15H,8H2,1-4H3,(H,16,18). The molecule has 0 aromatic heterocycles. The number of nitrogens with one attached hydrogen (secondary N) is 2. The SMILES string of the molecule is COC(C)CNc1ccc(C(=O)NC(C)C)cc1[N+](=O)[O-]. The van der Waals surface area contributed by atoms with Crippen molar-refractivity contribution >= 4 is 17.3 Å². The van der Waals surface area contributed by atoms with Gasteiger partial charge < -0.3 is 15.4 Å². The lowest BCUT2D eigenvalue weighted by atomic mass is 10.1. The molecule has 7 heteroatoms. The molecule has 1 unspecified atom stereocenters. The third-order valence-corrected chi connectivity index (χ3v) is 2.86. The molecule has 0 fully saturated rings. The van der Waals surface area contributed by atoms with E-state index in [9.17, 15) is 14.9 Å². The molecule has 1 rings (SSSR count). The Balaban J connectivity index is 2.96. The Morgan fingerprint density at radius 3 is 2.57 bits per heavy atom. The predicted octanol–water partition coefficient (Wildman–Crippen LogP) is 2.18. The summed E-state index contributed by atoms with van der Waals surface area (Å²) < 4.78 is 5.08. The Morgan fingerprint density at radius 2 is 2.05 bits per heavy atom. The average molecular weight is 295 g/mol. The molecule has 0 spiro atoms. The number of ether oxygens (including phenoxy) is 1. The van der Waals surface area contributed by atoms with Gasteiger partial charge in [0.15, 0.2) is 0 Å². The van der Waals surface area contributed by atoms with Gasteiger partial charge in [-0.1, -0.05) is 0 Å². The van der Waals surface area contributed by atoms with E-state index in [2.05, 4.69) is 10.6 Å². The smallest absolute Gasteiger partial charge is 0.293 e. The molecule has 0 bridgehead atoms. The zero-order chi connectivity index (χ0) is 16.0. The van der Waals surface area contributed by atoms with E-state index < -0.39 is 4.92 Å². The summed E-state index contributed by atoms with van der Waals surface area (Å²) in [5.74, 6) is -0.329. The molecule has 1 atom stereocenters. The predicted molar refractivity (Wildman–Crippen MR) is 80.7 cm³/mol. The zero-order valence-corrected chi connectivity index (χ0v) is 12.7. The third-order valence-electron chi connectivity index (χ3n) is 2.86. The molecule has 1 amide bonds. The van der Waals surface area contributed by atoms with E-state index in [0.29, 0.717) is 12.2 Å². The zero-order valence-electron chi connectivity index (χ0n) is 12.7. The maximum absolute atomic E-state index is 11.9. The number of nitro groups is 1. The highest BCUT2D eigenvalue weighted by Gasteiger charge is 2.18. The van der Waals surface area contributed by atoms with Gasteiger partial charge in [0.25, 0.3) is 11.6 Å². The summed E-state index contributed by atoms with van der Waals surface area (Å²) in [5.41, 5.74) is 0.500. The molecule has 1 aromatic carbocycles. The number of carbonyl (C=O) groups is 1. The van der Waals surface area contributed by atoms with Crippen LogP contribution >= 0.6 is 0 Å². The number of nitrogens with zero attached hydrogens (tertiary/aromatic N) is 1. The first kappa shape index (κ1) is 16.9. The maximum Gasteiger partial charge on any atom is 0.293 e. The molecule has 0 aliphatic rings. The lowest BCUT2D eigenvalue weighted by Crippen LogP contribution is -2.30. The molecule has 1 aromatic rings. The fraction of sp³-hybridized carbons (Fsp3) is 0.500. The van der Waals surface area contributed by atoms with Crippen LogP contribution in [-0.4, -0.2) is 36.6 Å². The first-order valence-electron chi connectivity index (χ1n) is 6.71. The second-order valence-corrected chi connectivity index (χ2v) is 5.04. The third kappa shape index (κ3) is 5.03. The largest absolute Gasteiger partial charge is 0.380 e. The number of nitro benzene ring substituents is 1. The quantitative estimate of drug-likeness (QED) is 0.594. The Kier molecular flexibility index (Phi) is 6.10. The molecular weight excluding hydrogens is 274 g/mol. The minimum atomic E-state index is -0.508. The van der Waals surface area contributed by atoms with E-state index in [1.165, 1.54) is 12.1 Å². The number of anilines is 1. The van der Waals surface area contributed by atoms with Crippen LogP contribution in [0, 0.1) is 10.1 Å². The van der Waals surface area contributed by atoms with Crippen LogP contribution in [0.2, 0.25) is 0 Å². The first-order chi connectivity index (χ1) is 9.85. The fourth-order valence-electron chi connectivity index (χ4n) is 1.66. The van der Waals surface area contributed by atoms with Crippen molar-refractivity contribution in [3.63, 3.8) is 0 Å². The number of methoxy groups -OCH3 is 1. The van der Waals surface area contributed by atoms with Crippen LogP contribution < -0.4 is 10.6 Å². The molecule has 0 radical (unpaired) electrons. The van der Waals surface area contributed by atoms with E-state index in [-0.39, 0.29) is 29.3 Å². The van der Waals surface area contributed by atoms with Crippen LogP contribution in [0.15, 0.2) is 18.2 Å². The molecule has 2 N–H and O–H groups in total. The number of benzene rings is 1. The van der Waals surface area contributed by atoms with E-state index >= 15 is 0 Å². The molecule has 0 saturated carbocycles. The van der Waals surface area contributed by atoms with Gasteiger partial charge in [0.2, 0.25) is 0 Å². The van der Waals surface area contributed by atoms with Crippen molar-refractivity contribution in [3.8, 4) is 0 Å². The summed E-state index contributed by atoms with van der Waals surface area (Å²) in [4.78, 5) is 22.5.